The Bertz CT molecular complexity index is 309. The molecule has 0 amide bonds. The molecule has 0 unspecified atom stereocenters. The summed E-state index contributed by atoms with van der Waals surface area (Å²) in [7, 11) is 0. The van der Waals surface area contributed by atoms with Gasteiger partial charge in [0, 0.05) is 16.7 Å². The standard InChI is InChI=1S/C10H17BrO.C6H10O.2H2O/c1-9(12)10(6-4-7-10)5-2-3-8-11;1-5(7)6-3-2-4-6;;/h2-8H2,1H3;6H,2-4H2,1H3;2*1H2. The van der Waals surface area contributed by atoms with Crippen LogP contribution in [0, 0.1) is 11.3 Å². The van der Waals surface area contributed by atoms with Gasteiger partial charge < -0.3 is 11.0 Å². The number of ketones is 2. The Kier molecular flexibility index (Phi) is 12.4. The molecule has 0 radical (unpaired) electrons. The monoisotopic (exact) mass is 366 g/mol. The van der Waals surface area contributed by atoms with Crippen LogP contribution in [0.1, 0.15) is 71.6 Å². The number of carbonyl (C=O) groups excluding carboxylic acids is 2. The Labute approximate surface area is 136 Å². The van der Waals surface area contributed by atoms with Gasteiger partial charge >= 0.3 is 0 Å². The molecular weight excluding hydrogens is 336 g/mol. The van der Waals surface area contributed by atoms with E-state index in [0.717, 1.165) is 37.4 Å². The summed E-state index contributed by atoms with van der Waals surface area (Å²) in [6.45, 7) is 3.44. The predicted molar refractivity (Wildman–Crippen MR) is 89.9 cm³/mol. The molecule has 126 valence electrons. The number of carbonyl (C=O) groups is 2. The van der Waals surface area contributed by atoms with Crippen LogP contribution in [0.3, 0.4) is 0 Å². The molecule has 2 fully saturated rings. The molecule has 0 aliphatic heterocycles. The first-order valence-electron chi connectivity index (χ1n) is 7.59. The second-order valence-electron chi connectivity index (χ2n) is 6.07. The highest BCUT2D eigenvalue weighted by molar-refractivity contribution is 9.09. The number of halogens is 1. The van der Waals surface area contributed by atoms with Crippen LogP contribution in [0.5, 0.6) is 0 Å². The third-order valence-corrected chi connectivity index (χ3v) is 5.34. The summed E-state index contributed by atoms with van der Waals surface area (Å²) >= 11 is 3.41. The van der Waals surface area contributed by atoms with Gasteiger partial charge in [-0.3, -0.25) is 9.59 Å². The molecule has 2 saturated carbocycles. The van der Waals surface area contributed by atoms with E-state index in [0.29, 0.717) is 17.5 Å². The van der Waals surface area contributed by atoms with Crippen molar-refractivity contribution < 1.29 is 20.5 Å². The third-order valence-electron chi connectivity index (χ3n) is 4.78. The molecule has 0 saturated heterocycles. The van der Waals surface area contributed by atoms with Gasteiger partial charge in [0.25, 0.3) is 0 Å². The quantitative estimate of drug-likeness (QED) is 0.533. The second kappa shape index (κ2) is 11.3. The van der Waals surface area contributed by atoms with Crippen LogP contribution >= 0.6 is 15.9 Å². The molecule has 0 spiro atoms. The van der Waals surface area contributed by atoms with Crippen molar-refractivity contribution in [1.82, 2.24) is 0 Å². The van der Waals surface area contributed by atoms with Gasteiger partial charge in [-0.2, -0.15) is 0 Å². The molecule has 0 atom stereocenters. The Hall–Kier alpha value is -0.260. The number of hydrogen-bond acceptors (Lipinski definition) is 2. The number of Topliss-reactive ketones (excluding diaryl/α,β-unsaturated/α-hetero) is 2. The van der Waals surface area contributed by atoms with E-state index in [4.69, 9.17) is 0 Å². The van der Waals surface area contributed by atoms with Crippen molar-refractivity contribution in [2.45, 2.75) is 71.6 Å². The molecule has 5 heteroatoms. The van der Waals surface area contributed by atoms with Crippen LogP contribution in [-0.2, 0) is 9.59 Å². The van der Waals surface area contributed by atoms with E-state index in [2.05, 4.69) is 15.9 Å². The second-order valence-corrected chi connectivity index (χ2v) is 6.87. The molecule has 0 aromatic carbocycles. The zero-order valence-corrected chi connectivity index (χ0v) is 14.9. The normalized spacial score (nSPS) is 18.6. The van der Waals surface area contributed by atoms with Crippen molar-refractivity contribution in [3.05, 3.63) is 0 Å². The van der Waals surface area contributed by atoms with Crippen molar-refractivity contribution in [3.8, 4) is 0 Å². The Morgan fingerprint density at radius 2 is 1.62 bits per heavy atom. The summed E-state index contributed by atoms with van der Waals surface area (Å²) in [6.07, 6.45) is 10.6. The van der Waals surface area contributed by atoms with Gasteiger partial charge in [0.05, 0.1) is 0 Å². The number of unbranched alkanes of at least 4 members (excludes halogenated alkanes) is 1. The van der Waals surface area contributed by atoms with Crippen LogP contribution in [0.2, 0.25) is 0 Å². The predicted octanol–water partition coefficient (Wildman–Crippen LogP) is 3.04. The maximum absolute atomic E-state index is 11.3. The van der Waals surface area contributed by atoms with Gasteiger partial charge in [-0.15, -0.1) is 0 Å². The maximum Gasteiger partial charge on any atom is 0.135 e. The van der Waals surface area contributed by atoms with E-state index in [1.807, 2.05) is 0 Å². The minimum Gasteiger partial charge on any atom is -0.412 e. The van der Waals surface area contributed by atoms with Crippen LogP contribution in [0.15, 0.2) is 0 Å². The lowest BCUT2D eigenvalue weighted by Gasteiger charge is -2.39. The molecule has 0 heterocycles. The minimum absolute atomic E-state index is 0. The van der Waals surface area contributed by atoms with Gasteiger partial charge in [-0.1, -0.05) is 35.2 Å². The molecule has 0 bridgehead atoms. The fourth-order valence-electron chi connectivity index (χ4n) is 2.75. The zero-order chi connectivity index (χ0) is 14.3. The Morgan fingerprint density at radius 1 is 1.05 bits per heavy atom. The van der Waals surface area contributed by atoms with Crippen LogP contribution in [-0.4, -0.2) is 27.8 Å². The zero-order valence-electron chi connectivity index (χ0n) is 13.3. The molecule has 4 N–H and O–H groups in total. The first-order valence-corrected chi connectivity index (χ1v) is 8.71. The van der Waals surface area contributed by atoms with Crippen molar-refractivity contribution in [1.29, 1.82) is 0 Å². The summed E-state index contributed by atoms with van der Waals surface area (Å²) in [5.74, 6) is 1.24. The van der Waals surface area contributed by atoms with Crippen LogP contribution in [0.4, 0.5) is 0 Å². The van der Waals surface area contributed by atoms with Crippen molar-refractivity contribution >= 4 is 27.5 Å². The maximum atomic E-state index is 11.3. The van der Waals surface area contributed by atoms with Crippen molar-refractivity contribution in [2.24, 2.45) is 11.3 Å². The lowest BCUT2D eigenvalue weighted by molar-refractivity contribution is -0.131. The Morgan fingerprint density at radius 3 is 1.81 bits per heavy atom. The largest absolute Gasteiger partial charge is 0.412 e. The van der Waals surface area contributed by atoms with E-state index in [1.54, 1.807) is 13.8 Å². The Balaban J connectivity index is 0. The molecule has 0 aromatic rings. The highest BCUT2D eigenvalue weighted by Gasteiger charge is 2.40. The molecule has 2 aliphatic rings. The fourth-order valence-corrected chi connectivity index (χ4v) is 3.15. The molecule has 2 rings (SSSR count). The summed E-state index contributed by atoms with van der Waals surface area (Å²) in [5.41, 5.74) is 0.113. The van der Waals surface area contributed by atoms with Gasteiger partial charge in [0.2, 0.25) is 0 Å². The molecule has 4 nitrogen and oxygen atoms in total. The van der Waals surface area contributed by atoms with Gasteiger partial charge in [-0.25, -0.2) is 0 Å². The van der Waals surface area contributed by atoms with Gasteiger partial charge in [0.15, 0.2) is 0 Å². The minimum atomic E-state index is 0. The summed E-state index contributed by atoms with van der Waals surface area (Å²) in [4.78, 5) is 21.8. The van der Waals surface area contributed by atoms with E-state index in [9.17, 15) is 9.59 Å². The highest BCUT2D eigenvalue weighted by Crippen LogP contribution is 2.45. The van der Waals surface area contributed by atoms with Gasteiger partial charge in [0.1, 0.15) is 11.6 Å². The van der Waals surface area contributed by atoms with E-state index < -0.39 is 0 Å². The highest BCUT2D eigenvalue weighted by atomic mass is 79.9. The number of rotatable bonds is 6. The van der Waals surface area contributed by atoms with Gasteiger partial charge in [-0.05, 0) is 52.4 Å². The third kappa shape index (κ3) is 7.02. The van der Waals surface area contributed by atoms with Crippen LogP contribution in [0.25, 0.3) is 0 Å². The smallest absolute Gasteiger partial charge is 0.135 e. The average Bonchev–Trinajstić information content (AvgIpc) is 2.19. The van der Waals surface area contributed by atoms with Crippen molar-refractivity contribution in [3.63, 3.8) is 0 Å². The van der Waals surface area contributed by atoms with Crippen molar-refractivity contribution in [2.75, 3.05) is 5.33 Å². The van der Waals surface area contributed by atoms with E-state index >= 15 is 0 Å². The lowest BCUT2D eigenvalue weighted by atomic mass is 9.64. The number of alkyl halides is 1. The fraction of sp³-hybridized carbons (Fsp3) is 0.875. The summed E-state index contributed by atoms with van der Waals surface area (Å²) in [5, 5.41) is 1.07. The lowest BCUT2D eigenvalue weighted by Crippen LogP contribution is -2.36. The number of hydrogen-bond donors (Lipinski definition) is 0. The molecule has 21 heavy (non-hydrogen) atoms. The van der Waals surface area contributed by atoms with E-state index in [-0.39, 0.29) is 16.4 Å². The SMILES string of the molecule is CC(=O)C1(CCCCBr)CCC1.CC(=O)C1CCC1.O.O. The van der Waals surface area contributed by atoms with E-state index in [1.165, 1.54) is 25.7 Å². The first-order chi connectivity index (χ1) is 9.02. The first kappa shape index (κ1) is 23.0. The molecular formula is C16H31BrO4. The van der Waals surface area contributed by atoms with Crippen LogP contribution < -0.4 is 0 Å². The average molecular weight is 367 g/mol. The summed E-state index contributed by atoms with van der Waals surface area (Å²) < 4.78 is 0. The molecule has 2 aliphatic carbocycles. The topological polar surface area (TPSA) is 97.1 Å². The summed E-state index contributed by atoms with van der Waals surface area (Å²) in [6, 6.07) is 0. The molecule has 0 aromatic heterocycles.